The number of nitrogens with one attached hydrogen (secondary N) is 1. The predicted octanol–water partition coefficient (Wildman–Crippen LogP) is 3.80. The lowest BCUT2D eigenvalue weighted by Gasteiger charge is -2.21. The summed E-state index contributed by atoms with van der Waals surface area (Å²) in [5.41, 5.74) is 2.57. The van der Waals surface area contributed by atoms with Gasteiger partial charge in [0.25, 0.3) is 0 Å². The van der Waals surface area contributed by atoms with Gasteiger partial charge in [-0.1, -0.05) is 31.5 Å². The van der Waals surface area contributed by atoms with Crippen molar-refractivity contribution in [2.45, 2.75) is 33.2 Å². The standard InChI is InChI=1S/C15H25NOS/c1-5-9-18-11-14(16-6-2)13-10-12(3)7-8-15(13)17-4/h7-8,10,14,16H,5-6,9,11H2,1-4H3. The molecule has 1 N–H and O–H groups in total. The number of hydrogen-bond acceptors (Lipinski definition) is 3. The summed E-state index contributed by atoms with van der Waals surface area (Å²) in [5.74, 6) is 3.31. The van der Waals surface area contributed by atoms with Gasteiger partial charge in [0.2, 0.25) is 0 Å². The van der Waals surface area contributed by atoms with Crippen LogP contribution >= 0.6 is 11.8 Å². The van der Waals surface area contributed by atoms with Gasteiger partial charge < -0.3 is 10.1 Å². The number of aryl methyl sites for hydroxylation is 1. The molecule has 2 nitrogen and oxygen atoms in total. The van der Waals surface area contributed by atoms with E-state index in [9.17, 15) is 0 Å². The largest absolute Gasteiger partial charge is 0.496 e. The monoisotopic (exact) mass is 267 g/mol. The maximum absolute atomic E-state index is 5.48. The molecule has 0 radical (unpaired) electrons. The van der Waals surface area contributed by atoms with Crippen LogP contribution in [0.2, 0.25) is 0 Å². The van der Waals surface area contributed by atoms with Gasteiger partial charge in [-0.3, -0.25) is 0 Å². The van der Waals surface area contributed by atoms with Crippen LogP contribution in [0.25, 0.3) is 0 Å². The first-order valence-corrected chi connectivity index (χ1v) is 7.84. The van der Waals surface area contributed by atoms with Crippen molar-refractivity contribution >= 4 is 11.8 Å². The fourth-order valence-corrected chi connectivity index (χ4v) is 2.97. The molecule has 1 aromatic rings. The van der Waals surface area contributed by atoms with Gasteiger partial charge >= 0.3 is 0 Å². The molecule has 0 amide bonds. The zero-order valence-electron chi connectivity index (χ0n) is 12.0. The van der Waals surface area contributed by atoms with Crippen LogP contribution in [0.4, 0.5) is 0 Å². The van der Waals surface area contributed by atoms with E-state index >= 15 is 0 Å². The second-order valence-electron chi connectivity index (χ2n) is 4.43. The Morgan fingerprint density at radius 3 is 2.72 bits per heavy atom. The summed E-state index contributed by atoms with van der Waals surface area (Å²) in [6, 6.07) is 6.78. The van der Waals surface area contributed by atoms with E-state index in [2.05, 4.69) is 44.3 Å². The topological polar surface area (TPSA) is 21.3 Å². The predicted molar refractivity (Wildman–Crippen MR) is 81.8 cm³/mol. The average Bonchev–Trinajstić information content (AvgIpc) is 2.38. The van der Waals surface area contributed by atoms with Crippen LogP contribution in [0.15, 0.2) is 18.2 Å². The van der Waals surface area contributed by atoms with Gasteiger partial charge in [0, 0.05) is 17.4 Å². The van der Waals surface area contributed by atoms with Crippen LogP contribution < -0.4 is 10.1 Å². The highest BCUT2D eigenvalue weighted by molar-refractivity contribution is 7.99. The Kier molecular flexibility index (Phi) is 7.21. The minimum Gasteiger partial charge on any atom is -0.496 e. The van der Waals surface area contributed by atoms with E-state index in [-0.39, 0.29) is 0 Å². The zero-order chi connectivity index (χ0) is 13.4. The number of rotatable bonds is 8. The van der Waals surface area contributed by atoms with E-state index in [0.29, 0.717) is 6.04 Å². The van der Waals surface area contributed by atoms with Crippen LogP contribution in [-0.4, -0.2) is 25.2 Å². The molecule has 0 saturated carbocycles. The summed E-state index contributed by atoms with van der Waals surface area (Å²) < 4.78 is 5.48. The summed E-state index contributed by atoms with van der Waals surface area (Å²) in [4.78, 5) is 0. The summed E-state index contributed by atoms with van der Waals surface area (Å²) in [5, 5.41) is 3.56. The number of benzene rings is 1. The third-order valence-corrected chi connectivity index (χ3v) is 4.11. The van der Waals surface area contributed by atoms with Crippen molar-refractivity contribution in [1.29, 1.82) is 0 Å². The molecule has 1 atom stereocenters. The smallest absolute Gasteiger partial charge is 0.123 e. The van der Waals surface area contributed by atoms with Gasteiger partial charge in [-0.25, -0.2) is 0 Å². The second kappa shape index (κ2) is 8.44. The molecule has 1 unspecified atom stereocenters. The maximum Gasteiger partial charge on any atom is 0.123 e. The molecule has 0 bridgehead atoms. The van der Waals surface area contributed by atoms with Crippen molar-refractivity contribution in [3.63, 3.8) is 0 Å². The normalized spacial score (nSPS) is 12.4. The van der Waals surface area contributed by atoms with Gasteiger partial charge in [0.1, 0.15) is 5.75 Å². The third kappa shape index (κ3) is 4.54. The second-order valence-corrected chi connectivity index (χ2v) is 5.58. The van der Waals surface area contributed by atoms with E-state index in [1.165, 1.54) is 23.3 Å². The van der Waals surface area contributed by atoms with Crippen molar-refractivity contribution < 1.29 is 4.74 Å². The van der Waals surface area contributed by atoms with Crippen LogP contribution in [0.3, 0.4) is 0 Å². The van der Waals surface area contributed by atoms with Gasteiger partial charge in [-0.05, 0) is 31.7 Å². The Hall–Kier alpha value is -0.670. The van der Waals surface area contributed by atoms with Crippen molar-refractivity contribution in [3.8, 4) is 5.75 Å². The Balaban J connectivity index is 2.85. The minimum atomic E-state index is 0.376. The Morgan fingerprint density at radius 2 is 2.11 bits per heavy atom. The Bertz CT molecular complexity index is 354. The highest BCUT2D eigenvalue weighted by Gasteiger charge is 2.15. The highest BCUT2D eigenvalue weighted by atomic mass is 32.2. The van der Waals surface area contributed by atoms with Gasteiger partial charge in [0.05, 0.1) is 7.11 Å². The lowest BCUT2D eigenvalue weighted by molar-refractivity contribution is 0.403. The van der Waals surface area contributed by atoms with Crippen molar-refractivity contribution in [2.75, 3.05) is 25.2 Å². The van der Waals surface area contributed by atoms with Crippen molar-refractivity contribution in [1.82, 2.24) is 5.32 Å². The SMILES string of the molecule is CCCSCC(NCC)c1cc(C)ccc1OC. The molecule has 0 fully saturated rings. The average molecular weight is 267 g/mol. The molecule has 0 spiro atoms. The molecule has 0 aliphatic carbocycles. The first-order valence-electron chi connectivity index (χ1n) is 6.68. The molecule has 0 aliphatic rings. The molecule has 0 aromatic heterocycles. The molecule has 0 heterocycles. The van der Waals surface area contributed by atoms with E-state index in [4.69, 9.17) is 4.74 Å². The molecular formula is C15H25NOS. The Morgan fingerprint density at radius 1 is 1.33 bits per heavy atom. The van der Waals surface area contributed by atoms with Gasteiger partial charge in [0.15, 0.2) is 0 Å². The minimum absolute atomic E-state index is 0.376. The van der Waals surface area contributed by atoms with Crippen LogP contribution in [0.5, 0.6) is 5.75 Å². The van der Waals surface area contributed by atoms with Gasteiger partial charge in [-0.2, -0.15) is 11.8 Å². The van der Waals surface area contributed by atoms with Crippen LogP contribution in [-0.2, 0) is 0 Å². The summed E-state index contributed by atoms with van der Waals surface area (Å²) in [6.45, 7) is 7.49. The van der Waals surface area contributed by atoms with Crippen molar-refractivity contribution in [2.24, 2.45) is 0 Å². The molecule has 1 rings (SSSR count). The molecular weight excluding hydrogens is 242 g/mol. The van der Waals surface area contributed by atoms with Crippen LogP contribution in [0, 0.1) is 6.92 Å². The molecule has 0 saturated heterocycles. The lowest BCUT2D eigenvalue weighted by atomic mass is 10.0. The number of thioether (sulfide) groups is 1. The highest BCUT2D eigenvalue weighted by Crippen LogP contribution is 2.28. The molecule has 1 aromatic carbocycles. The Labute approximate surface area is 116 Å². The maximum atomic E-state index is 5.48. The van der Waals surface area contributed by atoms with E-state index in [0.717, 1.165) is 18.0 Å². The van der Waals surface area contributed by atoms with Crippen molar-refractivity contribution in [3.05, 3.63) is 29.3 Å². The first kappa shape index (κ1) is 15.4. The summed E-state index contributed by atoms with van der Waals surface area (Å²) >= 11 is 2.00. The fourth-order valence-electron chi connectivity index (χ4n) is 1.98. The van der Waals surface area contributed by atoms with E-state index in [1.54, 1.807) is 7.11 Å². The molecule has 3 heteroatoms. The van der Waals surface area contributed by atoms with E-state index < -0.39 is 0 Å². The molecule has 0 aliphatic heterocycles. The van der Waals surface area contributed by atoms with Gasteiger partial charge in [-0.15, -0.1) is 0 Å². The first-order chi connectivity index (χ1) is 8.72. The fraction of sp³-hybridized carbons (Fsp3) is 0.600. The number of methoxy groups -OCH3 is 1. The summed E-state index contributed by atoms with van der Waals surface area (Å²) in [7, 11) is 1.75. The number of ether oxygens (including phenoxy) is 1. The molecule has 18 heavy (non-hydrogen) atoms. The number of hydrogen-bond donors (Lipinski definition) is 1. The lowest BCUT2D eigenvalue weighted by Crippen LogP contribution is -2.23. The summed E-state index contributed by atoms with van der Waals surface area (Å²) in [6.07, 6.45) is 1.23. The quantitative estimate of drug-likeness (QED) is 0.724. The third-order valence-electron chi connectivity index (χ3n) is 2.84. The van der Waals surface area contributed by atoms with E-state index in [1.807, 2.05) is 11.8 Å². The zero-order valence-corrected chi connectivity index (χ0v) is 12.8. The van der Waals surface area contributed by atoms with Crippen LogP contribution in [0.1, 0.15) is 37.4 Å². The molecule has 102 valence electrons.